The second kappa shape index (κ2) is 3.56. The summed E-state index contributed by atoms with van der Waals surface area (Å²) in [7, 11) is 0. The molecule has 1 fully saturated rings. The van der Waals surface area contributed by atoms with Crippen molar-refractivity contribution in [2.75, 3.05) is 11.9 Å². The molecule has 2 heterocycles. The van der Waals surface area contributed by atoms with Crippen LogP contribution in [0.3, 0.4) is 0 Å². The minimum Gasteiger partial charge on any atom is -0.362 e. The molecule has 0 aliphatic heterocycles. The molecule has 0 radical (unpaired) electrons. The fourth-order valence-corrected chi connectivity index (χ4v) is 2.12. The van der Waals surface area contributed by atoms with E-state index < -0.39 is 0 Å². The first-order chi connectivity index (χ1) is 8.22. The van der Waals surface area contributed by atoms with Gasteiger partial charge < -0.3 is 11.1 Å². The van der Waals surface area contributed by atoms with Gasteiger partial charge in [0.15, 0.2) is 5.65 Å². The van der Waals surface area contributed by atoms with Crippen molar-refractivity contribution < 1.29 is 0 Å². The lowest BCUT2D eigenvalue weighted by atomic mass is 9.77. The van der Waals surface area contributed by atoms with Gasteiger partial charge in [-0.1, -0.05) is 0 Å². The maximum Gasteiger partial charge on any atom is 0.364 e. The molecule has 0 bridgehead atoms. The van der Waals surface area contributed by atoms with Crippen molar-refractivity contribution in [3.8, 4) is 0 Å². The molecular weight excluding hydrogens is 220 g/mol. The number of nitrogens with two attached hydrogens (primary N) is 1. The summed E-state index contributed by atoms with van der Waals surface area (Å²) in [6.07, 6.45) is 3.27. The first kappa shape index (κ1) is 10.3. The van der Waals surface area contributed by atoms with Crippen LogP contribution < -0.4 is 16.7 Å². The van der Waals surface area contributed by atoms with Crippen molar-refractivity contribution in [2.45, 2.75) is 24.8 Å². The third-order valence-corrected chi connectivity index (χ3v) is 3.37. The maximum absolute atomic E-state index is 11.4. The van der Waals surface area contributed by atoms with E-state index in [1.165, 1.54) is 10.9 Å². The van der Waals surface area contributed by atoms with Gasteiger partial charge in [0.2, 0.25) is 0 Å². The van der Waals surface area contributed by atoms with Gasteiger partial charge in [0.1, 0.15) is 5.82 Å². The minimum absolute atomic E-state index is 0.0476. The van der Waals surface area contributed by atoms with Crippen LogP contribution >= 0.6 is 0 Å². The van der Waals surface area contributed by atoms with E-state index in [2.05, 4.69) is 20.6 Å². The van der Waals surface area contributed by atoms with Gasteiger partial charge in [-0.15, -0.1) is 5.10 Å². The maximum atomic E-state index is 11.4. The Morgan fingerprint density at radius 2 is 2.35 bits per heavy atom. The molecule has 3 rings (SSSR count). The smallest absolute Gasteiger partial charge is 0.362 e. The molecule has 4 N–H and O–H groups in total. The standard InChI is InChI=1S/C10H14N6O/c11-6-10(4-1-5-10)12-7-2-3-8-13-14-9(17)16(8)15-7/h2-3H,1,4-6,11H2,(H,12,15)(H,14,17). The molecular formula is C10H14N6O. The summed E-state index contributed by atoms with van der Waals surface area (Å²) in [6, 6.07) is 3.56. The van der Waals surface area contributed by atoms with Gasteiger partial charge in [0.05, 0.1) is 5.54 Å². The highest BCUT2D eigenvalue weighted by Crippen LogP contribution is 2.33. The van der Waals surface area contributed by atoms with Gasteiger partial charge >= 0.3 is 5.69 Å². The Hall–Kier alpha value is -1.89. The van der Waals surface area contributed by atoms with Gasteiger partial charge in [-0.25, -0.2) is 9.89 Å². The van der Waals surface area contributed by atoms with Gasteiger partial charge in [0, 0.05) is 6.54 Å². The second-order valence-electron chi connectivity index (χ2n) is 4.48. The normalized spacial score (nSPS) is 17.9. The number of fused-ring (bicyclic) bond motifs is 1. The van der Waals surface area contributed by atoms with E-state index in [0.717, 1.165) is 12.8 Å². The quantitative estimate of drug-likeness (QED) is 0.677. The number of hydrogen-bond donors (Lipinski definition) is 3. The van der Waals surface area contributed by atoms with E-state index in [0.29, 0.717) is 18.0 Å². The second-order valence-corrected chi connectivity index (χ2v) is 4.48. The molecule has 17 heavy (non-hydrogen) atoms. The van der Waals surface area contributed by atoms with Gasteiger partial charge in [-0.05, 0) is 31.4 Å². The number of nitrogens with one attached hydrogen (secondary N) is 2. The molecule has 1 saturated carbocycles. The van der Waals surface area contributed by atoms with E-state index >= 15 is 0 Å². The third kappa shape index (κ3) is 1.59. The lowest BCUT2D eigenvalue weighted by molar-refractivity contribution is 0.286. The largest absolute Gasteiger partial charge is 0.364 e. The Bertz CT molecular complexity index is 591. The van der Waals surface area contributed by atoms with Crippen LogP contribution in [0.5, 0.6) is 0 Å². The topological polar surface area (TPSA) is 101 Å². The zero-order chi connectivity index (χ0) is 11.9. The van der Waals surface area contributed by atoms with Crippen molar-refractivity contribution >= 4 is 11.5 Å². The summed E-state index contributed by atoms with van der Waals surface area (Å²) in [6.45, 7) is 0.576. The first-order valence-electron chi connectivity index (χ1n) is 5.65. The van der Waals surface area contributed by atoms with Crippen molar-refractivity contribution in [3.63, 3.8) is 0 Å². The number of hydrogen-bond acceptors (Lipinski definition) is 5. The fraction of sp³-hybridized carbons (Fsp3) is 0.500. The summed E-state index contributed by atoms with van der Waals surface area (Å²) < 4.78 is 1.24. The van der Waals surface area contributed by atoms with Gasteiger partial charge in [-0.2, -0.15) is 9.61 Å². The summed E-state index contributed by atoms with van der Waals surface area (Å²) in [4.78, 5) is 11.4. The number of aromatic amines is 1. The van der Waals surface area contributed by atoms with Crippen LogP contribution in [0.4, 0.5) is 5.82 Å². The van der Waals surface area contributed by atoms with E-state index in [4.69, 9.17) is 5.73 Å². The number of anilines is 1. The average Bonchev–Trinajstić information content (AvgIpc) is 2.66. The van der Waals surface area contributed by atoms with Crippen LogP contribution in [0.25, 0.3) is 5.65 Å². The molecule has 0 atom stereocenters. The Morgan fingerprint density at radius 3 is 3.00 bits per heavy atom. The number of H-pyrrole nitrogens is 1. The van der Waals surface area contributed by atoms with Gasteiger partial charge in [0.25, 0.3) is 0 Å². The number of aromatic nitrogens is 4. The fourth-order valence-electron chi connectivity index (χ4n) is 2.12. The van der Waals surface area contributed by atoms with E-state index in [1.807, 2.05) is 6.07 Å². The van der Waals surface area contributed by atoms with Crippen LogP contribution in [0, 0.1) is 0 Å². The predicted molar refractivity (Wildman–Crippen MR) is 62.9 cm³/mol. The molecule has 90 valence electrons. The average molecular weight is 234 g/mol. The molecule has 7 nitrogen and oxygen atoms in total. The number of nitrogens with zero attached hydrogens (tertiary/aromatic N) is 3. The zero-order valence-corrected chi connectivity index (χ0v) is 9.31. The molecule has 0 saturated heterocycles. The lowest BCUT2D eigenvalue weighted by Gasteiger charge is -2.41. The highest BCUT2D eigenvalue weighted by Gasteiger charge is 2.35. The van der Waals surface area contributed by atoms with Crippen molar-refractivity contribution in [3.05, 3.63) is 22.6 Å². The van der Waals surface area contributed by atoms with Crippen LogP contribution in [0.15, 0.2) is 16.9 Å². The Balaban J connectivity index is 1.95. The van der Waals surface area contributed by atoms with E-state index in [9.17, 15) is 4.79 Å². The van der Waals surface area contributed by atoms with E-state index in [1.54, 1.807) is 6.07 Å². The van der Waals surface area contributed by atoms with Crippen LogP contribution in [0.2, 0.25) is 0 Å². The molecule has 0 aromatic carbocycles. The predicted octanol–water partition coefficient (Wildman–Crippen LogP) is -0.289. The summed E-state index contributed by atoms with van der Waals surface area (Å²) in [5.74, 6) is 0.658. The minimum atomic E-state index is -0.334. The lowest BCUT2D eigenvalue weighted by Crippen LogP contribution is -2.51. The van der Waals surface area contributed by atoms with Crippen LogP contribution in [0.1, 0.15) is 19.3 Å². The molecule has 7 heteroatoms. The van der Waals surface area contributed by atoms with Crippen molar-refractivity contribution in [2.24, 2.45) is 5.73 Å². The Kier molecular flexibility index (Phi) is 2.15. The summed E-state index contributed by atoms with van der Waals surface area (Å²) >= 11 is 0. The molecule has 0 spiro atoms. The van der Waals surface area contributed by atoms with Crippen molar-refractivity contribution in [1.29, 1.82) is 0 Å². The van der Waals surface area contributed by atoms with Crippen LogP contribution in [-0.2, 0) is 0 Å². The Morgan fingerprint density at radius 1 is 1.53 bits per heavy atom. The summed E-state index contributed by atoms with van der Waals surface area (Å²) in [5.41, 5.74) is 5.89. The SMILES string of the molecule is NCC1(Nc2ccc3n[nH]c(=O)n3n2)CCC1. The highest BCUT2D eigenvalue weighted by atomic mass is 16.2. The highest BCUT2D eigenvalue weighted by molar-refractivity contribution is 5.45. The first-order valence-corrected chi connectivity index (χ1v) is 5.65. The Labute approximate surface area is 97.0 Å². The van der Waals surface area contributed by atoms with Crippen LogP contribution in [-0.4, -0.2) is 31.9 Å². The van der Waals surface area contributed by atoms with Crippen molar-refractivity contribution in [1.82, 2.24) is 19.8 Å². The van der Waals surface area contributed by atoms with Gasteiger partial charge in [-0.3, -0.25) is 0 Å². The molecule has 1 aliphatic carbocycles. The summed E-state index contributed by atoms with van der Waals surface area (Å²) in [5, 5.41) is 13.7. The molecule has 2 aromatic rings. The number of rotatable bonds is 3. The zero-order valence-electron chi connectivity index (χ0n) is 9.31. The van der Waals surface area contributed by atoms with E-state index in [-0.39, 0.29) is 11.2 Å². The molecule has 0 unspecified atom stereocenters. The molecule has 2 aromatic heterocycles. The monoisotopic (exact) mass is 234 g/mol. The third-order valence-electron chi connectivity index (χ3n) is 3.37. The molecule has 0 amide bonds. The molecule has 1 aliphatic rings.